The van der Waals surface area contributed by atoms with Crippen molar-refractivity contribution in [2.75, 3.05) is 0 Å². The molecule has 0 aliphatic rings. The fourth-order valence-corrected chi connectivity index (χ4v) is 2.96. The molecule has 0 atom stereocenters. The van der Waals surface area contributed by atoms with E-state index in [0.29, 0.717) is 17.5 Å². The SMILES string of the molecule is O=C(O)Cc1ccccc1Cn1cnc2sccc2c1=O. The predicted molar refractivity (Wildman–Crippen MR) is 80.8 cm³/mol. The minimum atomic E-state index is -0.888. The highest BCUT2D eigenvalue weighted by molar-refractivity contribution is 7.16. The minimum Gasteiger partial charge on any atom is -0.481 e. The van der Waals surface area contributed by atoms with Gasteiger partial charge in [-0.1, -0.05) is 24.3 Å². The Hall–Kier alpha value is -2.47. The Kier molecular flexibility index (Phi) is 3.53. The van der Waals surface area contributed by atoms with Crippen LogP contribution in [-0.4, -0.2) is 20.6 Å². The van der Waals surface area contributed by atoms with Gasteiger partial charge < -0.3 is 5.11 Å². The third-order valence-corrected chi connectivity index (χ3v) is 4.07. The van der Waals surface area contributed by atoms with Crippen molar-refractivity contribution in [2.24, 2.45) is 0 Å². The Labute approximate surface area is 124 Å². The van der Waals surface area contributed by atoms with Gasteiger partial charge >= 0.3 is 5.97 Å². The van der Waals surface area contributed by atoms with E-state index in [0.717, 1.165) is 10.4 Å². The van der Waals surface area contributed by atoms with Gasteiger partial charge in [-0.05, 0) is 22.6 Å². The Balaban J connectivity index is 2.00. The molecule has 21 heavy (non-hydrogen) atoms. The van der Waals surface area contributed by atoms with Gasteiger partial charge in [0.25, 0.3) is 5.56 Å². The van der Waals surface area contributed by atoms with E-state index in [1.54, 1.807) is 18.2 Å². The molecule has 0 saturated carbocycles. The molecule has 1 aromatic carbocycles. The lowest BCUT2D eigenvalue weighted by molar-refractivity contribution is -0.136. The van der Waals surface area contributed by atoms with E-state index in [4.69, 9.17) is 5.11 Å². The molecule has 2 heterocycles. The second-order valence-corrected chi connectivity index (χ2v) is 5.55. The molecule has 0 bridgehead atoms. The van der Waals surface area contributed by atoms with Gasteiger partial charge in [0.15, 0.2) is 0 Å². The zero-order valence-electron chi connectivity index (χ0n) is 11.0. The molecule has 5 nitrogen and oxygen atoms in total. The number of fused-ring (bicyclic) bond motifs is 1. The molecule has 0 saturated heterocycles. The summed E-state index contributed by atoms with van der Waals surface area (Å²) in [4.78, 5) is 28.2. The van der Waals surface area contributed by atoms with Crippen LogP contribution in [0.3, 0.4) is 0 Å². The average Bonchev–Trinajstić information content (AvgIpc) is 2.92. The fraction of sp³-hybridized carbons (Fsp3) is 0.133. The summed E-state index contributed by atoms with van der Waals surface area (Å²) in [5.74, 6) is -0.888. The van der Waals surface area contributed by atoms with Crippen molar-refractivity contribution in [3.63, 3.8) is 0 Å². The molecule has 106 valence electrons. The summed E-state index contributed by atoms with van der Waals surface area (Å²) in [5.41, 5.74) is 1.42. The number of carboxylic acids is 1. The summed E-state index contributed by atoms with van der Waals surface area (Å²) in [5, 5.41) is 11.4. The van der Waals surface area contributed by atoms with Crippen LogP contribution in [0.2, 0.25) is 0 Å². The molecule has 0 amide bonds. The van der Waals surface area contributed by atoms with E-state index >= 15 is 0 Å². The zero-order chi connectivity index (χ0) is 14.8. The number of hydrogen-bond acceptors (Lipinski definition) is 4. The highest BCUT2D eigenvalue weighted by atomic mass is 32.1. The molecule has 2 aromatic heterocycles. The molecule has 0 unspecified atom stereocenters. The van der Waals surface area contributed by atoms with Crippen LogP contribution in [0.4, 0.5) is 0 Å². The summed E-state index contributed by atoms with van der Waals surface area (Å²) < 4.78 is 1.51. The Morgan fingerprint density at radius 1 is 1.24 bits per heavy atom. The van der Waals surface area contributed by atoms with E-state index in [-0.39, 0.29) is 12.0 Å². The van der Waals surface area contributed by atoms with Crippen molar-refractivity contribution in [3.05, 3.63) is 63.5 Å². The molecule has 0 radical (unpaired) electrons. The van der Waals surface area contributed by atoms with Crippen molar-refractivity contribution >= 4 is 27.5 Å². The second-order valence-electron chi connectivity index (χ2n) is 4.66. The van der Waals surface area contributed by atoms with Gasteiger partial charge in [0.1, 0.15) is 4.83 Å². The van der Waals surface area contributed by atoms with Crippen LogP contribution in [0.1, 0.15) is 11.1 Å². The van der Waals surface area contributed by atoms with Gasteiger partial charge in [-0.2, -0.15) is 0 Å². The minimum absolute atomic E-state index is 0.0565. The summed E-state index contributed by atoms with van der Waals surface area (Å²) >= 11 is 1.43. The van der Waals surface area contributed by atoms with Gasteiger partial charge in [0, 0.05) is 0 Å². The largest absolute Gasteiger partial charge is 0.481 e. The third-order valence-electron chi connectivity index (χ3n) is 3.25. The monoisotopic (exact) mass is 300 g/mol. The number of nitrogens with zero attached hydrogens (tertiary/aromatic N) is 2. The number of carboxylic acid groups (broad SMARTS) is 1. The first-order valence-electron chi connectivity index (χ1n) is 6.36. The third kappa shape index (κ3) is 2.71. The van der Waals surface area contributed by atoms with Crippen LogP contribution in [0.5, 0.6) is 0 Å². The quantitative estimate of drug-likeness (QED) is 0.801. The molecular formula is C15H12N2O3S. The number of aliphatic carboxylic acids is 1. The van der Waals surface area contributed by atoms with E-state index in [2.05, 4.69) is 4.98 Å². The Bertz CT molecular complexity index is 866. The number of hydrogen-bond donors (Lipinski definition) is 1. The summed E-state index contributed by atoms with van der Waals surface area (Å²) in [6, 6.07) is 9.00. The first-order valence-corrected chi connectivity index (χ1v) is 7.24. The highest BCUT2D eigenvalue weighted by Crippen LogP contribution is 2.15. The topological polar surface area (TPSA) is 72.2 Å². The molecule has 1 N–H and O–H groups in total. The van der Waals surface area contributed by atoms with Crippen molar-refractivity contribution in [1.29, 1.82) is 0 Å². The molecule has 3 aromatic rings. The molecule has 0 fully saturated rings. The van der Waals surface area contributed by atoms with Crippen LogP contribution in [-0.2, 0) is 17.8 Å². The number of thiophene rings is 1. The van der Waals surface area contributed by atoms with Crippen LogP contribution in [0, 0.1) is 0 Å². The molecule has 3 rings (SSSR count). The van der Waals surface area contributed by atoms with E-state index in [1.165, 1.54) is 22.2 Å². The van der Waals surface area contributed by atoms with Crippen molar-refractivity contribution in [3.8, 4) is 0 Å². The van der Waals surface area contributed by atoms with E-state index < -0.39 is 5.97 Å². The lowest BCUT2D eigenvalue weighted by Crippen LogP contribution is -2.21. The zero-order valence-corrected chi connectivity index (χ0v) is 11.8. The van der Waals surface area contributed by atoms with Gasteiger partial charge in [0.05, 0.1) is 24.7 Å². The summed E-state index contributed by atoms with van der Waals surface area (Å²) in [7, 11) is 0. The first-order chi connectivity index (χ1) is 10.1. The van der Waals surface area contributed by atoms with Gasteiger partial charge in [0.2, 0.25) is 0 Å². The van der Waals surface area contributed by atoms with Crippen molar-refractivity contribution in [1.82, 2.24) is 9.55 Å². The van der Waals surface area contributed by atoms with Crippen LogP contribution in [0.15, 0.2) is 46.8 Å². The summed E-state index contributed by atoms with van der Waals surface area (Å²) in [6.07, 6.45) is 1.46. The number of aromatic nitrogens is 2. The Morgan fingerprint density at radius 2 is 2.00 bits per heavy atom. The molecular weight excluding hydrogens is 288 g/mol. The number of rotatable bonds is 4. The maximum atomic E-state index is 12.3. The highest BCUT2D eigenvalue weighted by Gasteiger charge is 2.09. The molecule has 6 heteroatoms. The van der Waals surface area contributed by atoms with E-state index in [9.17, 15) is 9.59 Å². The fourth-order valence-electron chi connectivity index (χ4n) is 2.24. The molecule has 0 aliphatic heterocycles. The van der Waals surface area contributed by atoms with Crippen molar-refractivity contribution < 1.29 is 9.90 Å². The summed E-state index contributed by atoms with van der Waals surface area (Å²) in [6.45, 7) is 0.321. The average molecular weight is 300 g/mol. The molecule has 0 aliphatic carbocycles. The lowest BCUT2D eigenvalue weighted by atomic mass is 10.0. The standard InChI is InChI=1S/C15H12N2O3S/c18-13(19)7-10-3-1-2-4-11(10)8-17-9-16-14-12(15(17)20)5-6-21-14/h1-6,9H,7-8H2,(H,18,19). The van der Waals surface area contributed by atoms with Gasteiger partial charge in [-0.15, -0.1) is 11.3 Å². The smallest absolute Gasteiger partial charge is 0.307 e. The maximum Gasteiger partial charge on any atom is 0.307 e. The van der Waals surface area contributed by atoms with Gasteiger partial charge in [-0.3, -0.25) is 14.2 Å². The Morgan fingerprint density at radius 3 is 2.76 bits per heavy atom. The predicted octanol–water partition coefficient (Wildman–Crippen LogP) is 2.13. The van der Waals surface area contributed by atoms with Crippen LogP contribution < -0.4 is 5.56 Å². The van der Waals surface area contributed by atoms with Crippen molar-refractivity contribution in [2.45, 2.75) is 13.0 Å². The maximum absolute atomic E-state index is 12.3. The van der Waals surface area contributed by atoms with Crippen LogP contribution in [0.25, 0.3) is 10.2 Å². The normalized spacial score (nSPS) is 10.9. The molecule has 0 spiro atoms. The van der Waals surface area contributed by atoms with Crippen LogP contribution >= 0.6 is 11.3 Å². The van der Waals surface area contributed by atoms with E-state index in [1.807, 2.05) is 17.5 Å². The number of carbonyl (C=O) groups is 1. The second kappa shape index (κ2) is 5.49. The van der Waals surface area contributed by atoms with Gasteiger partial charge in [-0.25, -0.2) is 4.98 Å². The number of benzene rings is 1. The lowest BCUT2D eigenvalue weighted by Gasteiger charge is -2.09. The first kappa shape index (κ1) is 13.5.